The Hall–Kier alpha value is 0.0969. The molecule has 3 nitrogen and oxygen atoms in total. The largest absolute Gasteiger partial charge is 0.417 e. The predicted octanol–water partition coefficient (Wildman–Crippen LogP) is 4.97. The number of hydrogen-bond donors (Lipinski definition) is 2. The third-order valence-electron chi connectivity index (χ3n) is 7.88. The maximum atomic E-state index is 11.2. The standard InChI is InChI=1S/C21H42O3Si/c1-15(2)17-10-9-16(14-24-25(7,8)19(3,4)5)21(17)12-11-20(6,23)13-18(21)22/h15-18,22-23H,9-14H2,1-8H3/t16-,17+,18?,20+,21-/m0/s1. The number of rotatable bonds is 4. The van der Waals surface area contributed by atoms with Gasteiger partial charge in [-0.1, -0.05) is 34.6 Å². The van der Waals surface area contributed by atoms with E-state index in [4.69, 9.17) is 4.43 Å². The average molecular weight is 371 g/mol. The van der Waals surface area contributed by atoms with Crippen molar-refractivity contribution < 1.29 is 14.6 Å². The molecule has 2 N–H and O–H groups in total. The number of aliphatic hydroxyl groups is 2. The summed E-state index contributed by atoms with van der Waals surface area (Å²) < 4.78 is 6.60. The summed E-state index contributed by atoms with van der Waals surface area (Å²) in [4.78, 5) is 0. The van der Waals surface area contributed by atoms with Gasteiger partial charge in [-0.3, -0.25) is 0 Å². The van der Waals surface area contributed by atoms with E-state index in [2.05, 4.69) is 47.7 Å². The second-order valence-corrected chi connectivity index (χ2v) is 15.8. The normalized spacial score (nSPS) is 40.2. The van der Waals surface area contributed by atoms with E-state index in [1.54, 1.807) is 0 Å². The van der Waals surface area contributed by atoms with Crippen LogP contribution < -0.4 is 0 Å². The van der Waals surface area contributed by atoms with Crippen LogP contribution in [0.15, 0.2) is 0 Å². The molecule has 5 atom stereocenters. The third-order valence-corrected chi connectivity index (χ3v) is 12.4. The summed E-state index contributed by atoms with van der Waals surface area (Å²) >= 11 is 0. The van der Waals surface area contributed by atoms with Crippen LogP contribution in [-0.2, 0) is 4.43 Å². The molecule has 2 aliphatic carbocycles. The second kappa shape index (κ2) is 6.92. The van der Waals surface area contributed by atoms with Crippen molar-refractivity contribution in [1.29, 1.82) is 0 Å². The van der Waals surface area contributed by atoms with E-state index < -0.39 is 20.0 Å². The van der Waals surface area contributed by atoms with E-state index in [1.165, 1.54) is 6.42 Å². The molecular weight excluding hydrogens is 328 g/mol. The quantitative estimate of drug-likeness (QED) is 0.687. The van der Waals surface area contributed by atoms with E-state index in [0.717, 1.165) is 25.9 Å². The maximum Gasteiger partial charge on any atom is 0.191 e. The van der Waals surface area contributed by atoms with Gasteiger partial charge in [0.1, 0.15) is 0 Å². The fourth-order valence-corrected chi connectivity index (χ4v) is 6.26. The molecule has 25 heavy (non-hydrogen) atoms. The molecule has 0 saturated heterocycles. The smallest absolute Gasteiger partial charge is 0.191 e. The Labute approximate surface area is 156 Å². The molecule has 1 unspecified atom stereocenters. The maximum absolute atomic E-state index is 11.2. The first-order chi connectivity index (χ1) is 11.2. The highest BCUT2D eigenvalue weighted by Gasteiger charge is 2.58. The summed E-state index contributed by atoms with van der Waals surface area (Å²) in [6.45, 7) is 18.7. The van der Waals surface area contributed by atoms with Gasteiger partial charge in [-0.25, -0.2) is 0 Å². The van der Waals surface area contributed by atoms with Crippen LogP contribution in [0.5, 0.6) is 0 Å². The first-order valence-electron chi connectivity index (χ1n) is 10.3. The molecule has 2 aliphatic rings. The van der Waals surface area contributed by atoms with Crippen molar-refractivity contribution in [2.24, 2.45) is 23.2 Å². The Balaban J connectivity index is 2.23. The molecular formula is C21H42O3Si. The summed E-state index contributed by atoms with van der Waals surface area (Å²) in [6, 6.07) is 0. The zero-order chi connectivity index (χ0) is 19.3. The Bertz CT molecular complexity index is 466. The molecule has 0 radical (unpaired) electrons. The van der Waals surface area contributed by atoms with Crippen LogP contribution in [0.3, 0.4) is 0 Å². The zero-order valence-corrected chi connectivity index (χ0v) is 18.9. The molecule has 2 rings (SSSR count). The van der Waals surface area contributed by atoms with Gasteiger partial charge in [0.2, 0.25) is 0 Å². The van der Waals surface area contributed by atoms with E-state index in [0.29, 0.717) is 24.2 Å². The Morgan fingerprint density at radius 2 is 1.76 bits per heavy atom. The topological polar surface area (TPSA) is 49.7 Å². The molecule has 148 valence electrons. The van der Waals surface area contributed by atoms with Gasteiger partial charge < -0.3 is 14.6 Å². The minimum Gasteiger partial charge on any atom is -0.417 e. The van der Waals surface area contributed by atoms with Gasteiger partial charge in [-0.2, -0.15) is 0 Å². The van der Waals surface area contributed by atoms with Crippen LogP contribution in [0.4, 0.5) is 0 Å². The first-order valence-corrected chi connectivity index (χ1v) is 13.2. The van der Waals surface area contributed by atoms with Crippen molar-refractivity contribution in [3.63, 3.8) is 0 Å². The Morgan fingerprint density at radius 1 is 1.16 bits per heavy atom. The lowest BCUT2D eigenvalue weighted by atomic mass is 9.57. The van der Waals surface area contributed by atoms with Crippen LogP contribution in [0.2, 0.25) is 18.1 Å². The van der Waals surface area contributed by atoms with E-state index in [1.807, 2.05) is 6.92 Å². The lowest BCUT2D eigenvalue weighted by molar-refractivity contribution is -0.144. The molecule has 1 spiro atoms. The van der Waals surface area contributed by atoms with Crippen molar-refractivity contribution >= 4 is 8.32 Å². The molecule has 2 fully saturated rings. The van der Waals surface area contributed by atoms with Gasteiger partial charge in [0.25, 0.3) is 0 Å². The van der Waals surface area contributed by atoms with Gasteiger partial charge in [0, 0.05) is 18.4 Å². The molecule has 2 saturated carbocycles. The number of aliphatic hydroxyl groups excluding tert-OH is 1. The van der Waals surface area contributed by atoms with Crippen LogP contribution in [0.1, 0.15) is 73.6 Å². The monoisotopic (exact) mass is 370 g/mol. The SMILES string of the molecule is CC(C)[C@H]1CC[C@@H](CO[Si](C)(C)C(C)(C)C)[C@@]12CC[C@@](C)(O)CC2O. The number of hydrogen-bond acceptors (Lipinski definition) is 3. The van der Waals surface area contributed by atoms with E-state index in [-0.39, 0.29) is 10.5 Å². The fraction of sp³-hybridized carbons (Fsp3) is 1.00. The molecule has 0 bridgehead atoms. The average Bonchev–Trinajstić information content (AvgIpc) is 2.79. The van der Waals surface area contributed by atoms with Gasteiger partial charge in [0.15, 0.2) is 8.32 Å². The summed E-state index contributed by atoms with van der Waals surface area (Å²) in [5.41, 5.74) is -0.793. The van der Waals surface area contributed by atoms with Crippen molar-refractivity contribution in [3.05, 3.63) is 0 Å². The van der Waals surface area contributed by atoms with Crippen LogP contribution >= 0.6 is 0 Å². The van der Waals surface area contributed by atoms with Gasteiger partial charge in [0.05, 0.1) is 11.7 Å². The summed E-state index contributed by atoms with van der Waals surface area (Å²) in [5.74, 6) is 1.52. The van der Waals surface area contributed by atoms with Crippen LogP contribution in [0, 0.1) is 23.2 Å². The molecule has 0 aromatic carbocycles. The Kier molecular flexibility index (Phi) is 5.92. The highest BCUT2D eigenvalue weighted by Crippen LogP contribution is 2.60. The van der Waals surface area contributed by atoms with Gasteiger partial charge in [-0.05, 0) is 68.5 Å². The van der Waals surface area contributed by atoms with E-state index in [9.17, 15) is 10.2 Å². The molecule has 4 heteroatoms. The highest BCUT2D eigenvalue weighted by molar-refractivity contribution is 6.74. The Morgan fingerprint density at radius 3 is 2.24 bits per heavy atom. The molecule has 0 amide bonds. The van der Waals surface area contributed by atoms with Crippen molar-refractivity contribution in [3.8, 4) is 0 Å². The van der Waals surface area contributed by atoms with Crippen molar-refractivity contribution in [2.75, 3.05) is 6.61 Å². The summed E-state index contributed by atoms with van der Waals surface area (Å²) in [6.07, 6.45) is 4.14. The van der Waals surface area contributed by atoms with Crippen molar-refractivity contribution in [2.45, 2.75) is 103 Å². The van der Waals surface area contributed by atoms with Crippen molar-refractivity contribution in [1.82, 2.24) is 0 Å². The third kappa shape index (κ3) is 4.02. The summed E-state index contributed by atoms with van der Waals surface area (Å²) in [7, 11) is -1.78. The van der Waals surface area contributed by atoms with E-state index >= 15 is 0 Å². The molecule has 0 aliphatic heterocycles. The van der Waals surface area contributed by atoms with Gasteiger partial charge >= 0.3 is 0 Å². The minimum absolute atomic E-state index is 0.0707. The molecule has 0 heterocycles. The van der Waals surface area contributed by atoms with Gasteiger partial charge in [-0.15, -0.1) is 0 Å². The molecule has 0 aromatic heterocycles. The fourth-order valence-electron chi connectivity index (χ4n) is 5.21. The van der Waals surface area contributed by atoms with Crippen LogP contribution in [-0.4, -0.2) is 36.8 Å². The summed E-state index contributed by atoms with van der Waals surface area (Å²) in [5, 5.41) is 21.9. The van der Waals surface area contributed by atoms with Crippen LogP contribution in [0.25, 0.3) is 0 Å². The lowest BCUT2D eigenvalue weighted by Crippen LogP contribution is -2.54. The predicted molar refractivity (Wildman–Crippen MR) is 107 cm³/mol. The first kappa shape index (κ1) is 21.4. The highest BCUT2D eigenvalue weighted by atomic mass is 28.4. The second-order valence-electron chi connectivity index (χ2n) is 11.0. The lowest BCUT2D eigenvalue weighted by Gasteiger charge is -2.52. The zero-order valence-electron chi connectivity index (χ0n) is 17.9. The molecule has 0 aromatic rings. The minimum atomic E-state index is -1.78.